The van der Waals surface area contributed by atoms with Gasteiger partial charge in [0.1, 0.15) is 42.5 Å². The summed E-state index contributed by atoms with van der Waals surface area (Å²) in [5.74, 6) is -8.03. The smallest absolute Gasteiger partial charge is 0.243 e. The highest BCUT2D eigenvalue weighted by atomic mass is 16.2. The molecule has 0 spiro atoms. The summed E-state index contributed by atoms with van der Waals surface area (Å²) in [6, 6.07) is -8.55. The highest BCUT2D eigenvalue weighted by molar-refractivity contribution is 5.97. The molecule has 69 heavy (non-hydrogen) atoms. The van der Waals surface area contributed by atoms with Crippen LogP contribution in [-0.4, -0.2) is 140 Å². The summed E-state index contributed by atoms with van der Waals surface area (Å²) >= 11 is 0. The minimum absolute atomic E-state index is 0.0504. The normalized spacial score (nSPS) is 14.8. The van der Waals surface area contributed by atoms with Crippen LogP contribution < -0.4 is 83.1 Å². The van der Waals surface area contributed by atoms with Gasteiger partial charge in [0.15, 0.2) is 17.9 Å². The molecule has 0 aliphatic carbocycles. The van der Waals surface area contributed by atoms with Gasteiger partial charge in [-0.05, 0) is 62.7 Å². The number of hydrogen-bond acceptors (Lipinski definition) is 13. The molecule has 0 saturated heterocycles. The van der Waals surface area contributed by atoms with Crippen LogP contribution in [0.1, 0.15) is 106 Å². The molecule has 0 aliphatic heterocycles. The average molecular weight is 981 g/mol. The Morgan fingerprint density at radius 1 is 0.478 bits per heavy atom. The highest BCUT2D eigenvalue weighted by Crippen LogP contribution is 2.13. The second-order valence-electron chi connectivity index (χ2n) is 17.0. The topological polar surface area (TPSA) is 483 Å². The molecule has 9 atom stereocenters. The van der Waals surface area contributed by atoms with Gasteiger partial charge in [-0.2, -0.15) is 0 Å². The van der Waals surface area contributed by atoms with Crippen molar-refractivity contribution >= 4 is 71.4 Å². The first-order chi connectivity index (χ1) is 32.4. The van der Waals surface area contributed by atoms with E-state index < -0.39 is 108 Å². The van der Waals surface area contributed by atoms with Gasteiger partial charge in [-0.3, -0.25) is 53.3 Å². The number of hydrogen-bond donors (Lipinski definition) is 15. The number of carbonyl (C=O) groups excluding carboxylic acids is 9. The number of amides is 8. The van der Waals surface area contributed by atoms with Crippen LogP contribution in [0.2, 0.25) is 0 Å². The standard InChI is InChI=1S/C42H80N18O9/c1-7-23(5)29(21-61)58-34(64)25(12-9-17-51-40(45)46)56-38(68)32(22(3)4)59-36(66)27(14-11-19-53-42(49)50)57-39(69)33(24(6)8-2)60-37(67)26(13-10-18-52-41(47)48)55-35(65)28(15-16-30(44)62)54-31(63)20-43/h21-29,32-33H,7-20,43H2,1-6H3,(H2,44,62)(H,54,63)(H,55,65)(H,56,68)(H,57,69)(H,58,64)(H,59,66)(H,60,67)(H4,45,46,51)(H4,47,48,52)(H4,49,50,53)/t23-,24-,25-,26-,27-,28-,29+,32-,33-/m0/s1. The van der Waals surface area contributed by atoms with E-state index in [4.69, 9.17) is 45.9 Å². The molecule has 0 bridgehead atoms. The quantitative estimate of drug-likeness (QED) is 0.0122. The molecule has 27 heteroatoms. The summed E-state index contributed by atoms with van der Waals surface area (Å²) < 4.78 is 0. The molecule has 0 aromatic carbocycles. The molecule has 0 aliphatic rings. The van der Waals surface area contributed by atoms with E-state index in [9.17, 15) is 43.2 Å². The van der Waals surface area contributed by atoms with Crippen LogP contribution in [0.15, 0.2) is 15.0 Å². The lowest BCUT2D eigenvalue weighted by molar-refractivity contribution is -0.136. The largest absolute Gasteiger partial charge is 0.370 e. The van der Waals surface area contributed by atoms with Crippen molar-refractivity contribution in [2.75, 3.05) is 26.2 Å². The summed E-state index contributed by atoms with van der Waals surface area (Å²) in [5, 5.41) is 18.4. The second kappa shape index (κ2) is 33.6. The molecule has 8 amide bonds. The van der Waals surface area contributed by atoms with E-state index in [1.54, 1.807) is 34.6 Å². The molecule has 0 heterocycles. The molecule has 0 aromatic rings. The second-order valence-corrected chi connectivity index (χ2v) is 17.0. The lowest BCUT2D eigenvalue weighted by Crippen LogP contribution is -2.61. The first-order valence-corrected chi connectivity index (χ1v) is 23.1. The summed E-state index contributed by atoms with van der Waals surface area (Å²) in [6.45, 7) is 10.2. The molecule has 0 saturated carbocycles. The van der Waals surface area contributed by atoms with E-state index in [0.717, 1.165) is 0 Å². The Balaban J connectivity index is 6.84. The van der Waals surface area contributed by atoms with Gasteiger partial charge in [-0.15, -0.1) is 0 Å². The van der Waals surface area contributed by atoms with E-state index in [1.807, 2.05) is 6.92 Å². The first-order valence-electron chi connectivity index (χ1n) is 23.1. The molecule has 0 fully saturated rings. The van der Waals surface area contributed by atoms with Crippen molar-refractivity contribution in [3.63, 3.8) is 0 Å². The Hall–Kier alpha value is -6.80. The molecule has 0 rings (SSSR count). The van der Waals surface area contributed by atoms with Crippen molar-refractivity contribution in [3.05, 3.63) is 0 Å². The van der Waals surface area contributed by atoms with E-state index in [2.05, 4.69) is 52.2 Å². The van der Waals surface area contributed by atoms with E-state index in [-0.39, 0.29) is 94.8 Å². The van der Waals surface area contributed by atoms with Gasteiger partial charge in [0.2, 0.25) is 47.3 Å². The predicted octanol–water partition coefficient (Wildman–Crippen LogP) is -5.29. The molecular weight excluding hydrogens is 901 g/mol. The number of rotatable bonds is 35. The molecule has 392 valence electrons. The Morgan fingerprint density at radius 3 is 1.20 bits per heavy atom. The Kier molecular flexibility index (Phi) is 30.3. The zero-order valence-electron chi connectivity index (χ0n) is 40.9. The van der Waals surface area contributed by atoms with Crippen LogP contribution in [0.3, 0.4) is 0 Å². The van der Waals surface area contributed by atoms with Gasteiger partial charge < -0.3 is 87.9 Å². The fourth-order valence-electron chi connectivity index (χ4n) is 6.49. The zero-order valence-corrected chi connectivity index (χ0v) is 40.9. The van der Waals surface area contributed by atoms with Crippen LogP contribution in [0.25, 0.3) is 0 Å². The van der Waals surface area contributed by atoms with Crippen molar-refractivity contribution < 1.29 is 43.2 Å². The molecule has 0 unspecified atom stereocenters. The summed E-state index contributed by atoms with van der Waals surface area (Å²) in [7, 11) is 0. The van der Waals surface area contributed by atoms with Gasteiger partial charge in [-0.1, -0.05) is 54.4 Å². The SMILES string of the molecule is CC[C@H](C)[C@H](NC(=O)[C@H](CCCN=C(N)N)NC(=O)[C@H](CCC(N)=O)NC(=O)CN)C(=O)N[C@@H](CCCN=C(N)N)C(=O)N[C@H](C(=O)N[C@@H](CCCN=C(N)N)C(=O)N[C@H](C=O)[C@@H](C)CC)C(C)C. The maximum absolute atomic E-state index is 14.3. The number of primary amides is 1. The lowest BCUT2D eigenvalue weighted by Gasteiger charge is -2.30. The number of nitrogens with one attached hydrogen (secondary N) is 7. The average Bonchev–Trinajstić information content (AvgIpc) is 3.28. The van der Waals surface area contributed by atoms with Gasteiger partial charge in [0.05, 0.1) is 12.6 Å². The predicted molar refractivity (Wildman–Crippen MR) is 261 cm³/mol. The first kappa shape index (κ1) is 62.2. The van der Waals surface area contributed by atoms with Gasteiger partial charge in [0.25, 0.3) is 0 Å². The van der Waals surface area contributed by atoms with Gasteiger partial charge in [-0.25, -0.2) is 0 Å². The monoisotopic (exact) mass is 981 g/mol. The van der Waals surface area contributed by atoms with Gasteiger partial charge >= 0.3 is 0 Å². The molecule has 27 nitrogen and oxygen atoms in total. The Labute approximate surface area is 403 Å². The highest BCUT2D eigenvalue weighted by Gasteiger charge is 2.36. The summed E-state index contributed by atoms with van der Waals surface area (Å²) in [5.41, 5.74) is 43.5. The van der Waals surface area contributed by atoms with Crippen molar-refractivity contribution in [2.45, 2.75) is 148 Å². The third kappa shape index (κ3) is 25.8. The third-order valence-corrected chi connectivity index (χ3v) is 11.0. The van der Waals surface area contributed by atoms with E-state index in [0.29, 0.717) is 19.1 Å². The molecule has 0 aromatic heterocycles. The maximum Gasteiger partial charge on any atom is 0.243 e. The number of carbonyl (C=O) groups is 9. The van der Waals surface area contributed by atoms with Gasteiger partial charge in [0, 0.05) is 26.1 Å². The van der Waals surface area contributed by atoms with Crippen molar-refractivity contribution in [2.24, 2.45) is 78.6 Å². The fourth-order valence-corrected chi connectivity index (χ4v) is 6.49. The number of nitrogens with two attached hydrogens (primary N) is 8. The number of aliphatic imine (C=N–C) groups is 3. The van der Waals surface area contributed by atoms with E-state index in [1.165, 1.54) is 0 Å². The number of aldehydes is 1. The Morgan fingerprint density at radius 2 is 0.841 bits per heavy atom. The third-order valence-electron chi connectivity index (χ3n) is 11.0. The molecule has 0 radical (unpaired) electrons. The van der Waals surface area contributed by atoms with Crippen LogP contribution in [0.5, 0.6) is 0 Å². The van der Waals surface area contributed by atoms with Crippen molar-refractivity contribution in [1.29, 1.82) is 0 Å². The number of guanidine groups is 3. The Bertz CT molecular complexity index is 1780. The molecule has 23 N–H and O–H groups in total. The maximum atomic E-state index is 14.3. The summed E-state index contributed by atoms with van der Waals surface area (Å²) in [6.07, 6.45) is 1.61. The van der Waals surface area contributed by atoms with Crippen LogP contribution in [-0.2, 0) is 43.2 Å². The minimum Gasteiger partial charge on any atom is -0.370 e. The zero-order chi connectivity index (χ0) is 52.8. The molecular formula is C42H80N18O9. The van der Waals surface area contributed by atoms with Crippen LogP contribution in [0, 0.1) is 17.8 Å². The summed E-state index contributed by atoms with van der Waals surface area (Å²) in [4.78, 5) is 131. The van der Waals surface area contributed by atoms with Crippen molar-refractivity contribution in [3.8, 4) is 0 Å². The lowest BCUT2D eigenvalue weighted by atomic mass is 9.96. The van der Waals surface area contributed by atoms with Crippen molar-refractivity contribution in [1.82, 2.24) is 37.2 Å². The minimum atomic E-state index is -1.34. The fraction of sp³-hybridized carbons (Fsp3) is 0.714. The van der Waals surface area contributed by atoms with E-state index >= 15 is 0 Å². The van der Waals surface area contributed by atoms with Crippen LogP contribution >= 0.6 is 0 Å². The van der Waals surface area contributed by atoms with Crippen LogP contribution in [0.4, 0.5) is 0 Å². The number of nitrogens with zero attached hydrogens (tertiary/aromatic N) is 3.